The molecule has 0 fully saturated rings. The van der Waals surface area contributed by atoms with Gasteiger partial charge in [0.1, 0.15) is 5.75 Å². The van der Waals surface area contributed by atoms with Gasteiger partial charge in [0.15, 0.2) is 10.4 Å². The Morgan fingerprint density at radius 3 is 2.75 bits per heavy atom. The average Bonchev–Trinajstić information content (AvgIpc) is 2.72. The molecular weight excluding hydrogens is 406 g/mol. The predicted octanol–water partition coefficient (Wildman–Crippen LogP) is 4.62. The van der Waals surface area contributed by atoms with Crippen LogP contribution >= 0.6 is 44.1 Å². The molecule has 0 saturated heterocycles. The summed E-state index contributed by atoms with van der Waals surface area (Å²) in [5.74, 6) is 0.753. The SMILES string of the molecule is COc1cc(Br)cc(-n2c(=S)[nH]c3cc(Br)cnc32)c1. The number of benzene rings is 1. The van der Waals surface area contributed by atoms with Gasteiger partial charge in [-0.2, -0.15) is 0 Å². The van der Waals surface area contributed by atoms with Gasteiger partial charge in [-0.25, -0.2) is 4.98 Å². The summed E-state index contributed by atoms with van der Waals surface area (Å²) in [5.41, 5.74) is 2.55. The molecule has 3 aromatic rings. The Morgan fingerprint density at radius 2 is 2.00 bits per heavy atom. The maximum atomic E-state index is 5.40. The van der Waals surface area contributed by atoms with Crippen LogP contribution in [0.25, 0.3) is 16.9 Å². The third-order valence-electron chi connectivity index (χ3n) is 2.84. The van der Waals surface area contributed by atoms with E-state index >= 15 is 0 Å². The minimum atomic E-state index is 0.589. The summed E-state index contributed by atoms with van der Waals surface area (Å²) in [6.07, 6.45) is 1.75. The molecule has 0 aliphatic rings. The summed E-state index contributed by atoms with van der Waals surface area (Å²) in [5, 5.41) is 0. The molecule has 0 radical (unpaired) electrons. The highest BCUT2D eigenvalue weighted by molar-refractivity contribution is 9.10. The van der Waals surface area contributed by atoms with Gasteiger partial charge in [-0.3, -0.25) is 4.57 Å². The maximum absolute atomic E-state index is 5.40. The Morgan fingerprint density at radius 1 is 1.20 bits per heavy atom. The van der Waals surface area contributed by atoms with Gasteiger partial charge >= 0.3 is 0 Å². The Balaban J connectivity index is 2.32. The number of pyridine rings is 1. The molecule has 20 heavy (non-hydrogen) atoms. The first-order chi connectivity index (χ1) is 9.58. The molecule has 3 rings (SSSR count). The van der Waals surface area contributed by atoms with Crippen molar-refractivity contribution in [3.8, 4) is 11.4 Å². The lowest BCUT2D eigenvalue weighted by Crippen LogP contribution is -1.96. The van der Waals surface area contributed by atoms with E-state index < -0.39 is 0 Å². The van der Waals surface area contributed by atoms with Crippen LogP contribution in [0.1, 0.15) is 0 Å². The van der Waals surface area contributed by atoms with Gasteiger partial charge in [-0.05, 0) is 46.3 Å². The van der Waals surface area contributed by atoms with Crippen LogP contribution in [0.2, 0.25) is 0 Å². The zero-order chi connectivity index (χ0) is 14.3. The molecule has 0 unspecified atom stereocenters. The number of methoxy groups -OCH3 is 1. The molecule has 7 heteroatoms. The van der Waals surface area contributed by atoms with Crippen molar-refractivity contribution < 1.29 is 4.74 Å². The smallest absolute Gasteiger partial charge is 0.184 e. The second-order valence-electron chi connectivity index (χ2n) is 4.14. The number of halogens is 2. The van der Waals surface area contributed by atoms with Gasteiger partial charge in [0.2, 0.25) is 0 Å². The Hall–Kier alpha value is -1.18. The molecule has 4 nitrogen and oxygen atoms in total. The summed E-state index contributed by atoms with van der Waals surface area (Å²) in [6, 6.07) is 7.72. The van der Waals surface area contributed by atoms with Gasteiger partial charge in [0.25, 0.3) is 0 Å². The predicted molar refractivity (Wildman–Crippen MR) is 88.2 cm³/mol. The molecule has 0 saturated carbocycles. The monoisotopic (exact) mass is 413 g/mol. The number of nitrogens with one attached hydrogen (secondary N) is 1. The Labute approximate surface area is 137 Å². The van der Waals surface area contributed by atoms with Crippen molar-refractivity contribution >= 4 is 55.2 Å². The van der Waals surface area contributed by atoms with Gasteiger partial charge in [-0.1, -0.05) is 15.9 Å². The molecular formula is C13H9Br2N3OS. The highest BCUT2D eigenvalue weighted by atomic mass is 79.9. The number of ether oxygens (including phenoxy) is 1. The van der Waals surface area contributed by atoms with E-state index in [1.807, 2.05) is 28.8 Å². The van der Waals surface area contributed by atoms with Crippen LogP contribution in [0.15, 0.2) is 39.4 Å². The molecule has 0 aliphatic carbocycles. The zero-order valence-corrected chi connectivity index (χ0v) is 14.3. The minimum Gasteiger partial charge on any atom is -0.497 e. The number of fused-ring (bicyclic) bond motifs is 1. The molecule has 2 heterocycles. The molecule has 102 valence electrons. The summed E-state index contributed by atoms with van der Waals surface area (Å²) in [6.45, 7) is 0. The summed E-state index contributed by atoms with van der Waals surface area (Å²) >= 11 is 12.3. The average molecular weight is 415 g/mol. The summed E-state index contributed by atoms with van der Waals surface area (Å²) in [4.78, 5) is 7.58. The molecule has 2 aromatic heterocycles. The quantitative estimate of drug-likeness (QED) is 0.622. The highest BCUT2D eigenvalue weighted by Gasteiger charge is 2.10. The minimum absolute atomic E-state index is 0.589. The number of H-pyrrole nitrogens is 1. The van der Waals surface area contributed by atoms with E-state index in [0.717, 1.165) is 31.5 Å². The van der Waals surface area contributed by atoms with Crippen LogP contribution in [-0.2, 0) is 0 Å². The number of imidazole rings is 1. The number of aromatic amines is 1. The second kappa shape index (κ2) is 5.31. The van der Waals surface area contributed by atoms with Gasteiger partial charge < -0.3 is 9.72 Å². The van der Waals surface area contributed by atoms with Crippen molar-refractivity contribution in [2.75, 3.05) is 7.11 Å². The van der Waals surface area contributed by atoms with Crippen LogP contribution in [-0.4, -0.2) is 21.6 Å². The fourth-order valence-electron chi connectivity index (χ4n) is 2.00. The molecule has 0 bridgehead atoms. The lowest BCUT2D eigenvalue weighted by molar-refractivity contribution is 0.414. The zero-order valence-electron chi connectivity index (χ0n) is 10.4. The van der Waals surface area contributed by atoms with Crippen molar-refractivity contribution in [3.05, 3.63) is 44.2 Å². The van der Waals surface area contributed by atoms with Crippen LogP contribution in [0.5, 0.6) is 5.75 Å². The number of nitrogens with zero attached hydrogens (tertiary/aromatic N) is 2. The Bertz CT molecular complexity index is 856. The van der Waals surface area contributed by atoms with E-state index in [-0.39, 0.29) is 0 Å². The summed E-state index contributed by atoms with van der Waals surface area (Å²) < 4.78 is 9.58. The molecule has 0 spiro atoms. The van der Waals surface area contributed by atoms with E-state index in [2.05, 4.69) is 41.8 Å². The van der Waals surface area contributed by atoms with Crippen LogP contribution in [0.4, 0.5) is 0 Å². The normalized spacial score (nSPS) is 10.9. The number of aromatic nitrogens is 3. The first kappa shape index (κ1) is 13.8. The first-order valence-electron chi connectivity index (χ1n) is 5.70. The van der Waals surface area contributed by atoms with Gasteiger partial charge in [0.05, 0.1) is 18.3 Å². The van der Waals surface area contributed by atoms with Gasteiger partial charge in [-0.15, -0.1) is 0 Å². The van der Waals surface area contributed by atoms with Crippen LogP contribution < -0.4 is 4.74 Å². The van der Waals surface area contributed by atoms with E-state index in [4.69, 9.17) is 17.0 Å². The maximum Gasteiger partial charge on any atom is 0.184 e. The third kappa shape index (κ3) is 2.41. The fraction of sp³-hybridized carbons (Fsp3) is 0.0769. The fourth-order valence-corrected chi connectivity index (χ4v) is 3.10. The van der Waals surface area contributed by atoms with Crippen LogP contribution in [0, 0.1) is 4.77 Å². The topological polar surface area (TPSA) is 42.8 Å². The molecule has 0 amide bonds. The third-order valence-corrected chi connectivity index (χ3v) is 4.02. The molecule has 1 aromatic carbocycles. The Kier molecular flexibility index (Phi) is 3.66. The van der Waals surface area contributed by atoms with E-state index in [0.29, 0.717) is 4.77 Å². The van der Waals surface area contributed by atoms with E-state index in [1.54, 1.807) is 13.3 Å². The lowest BCUT2D eigenvalue weighted by Gasteiger charge is -2.07. The summed E-state index contributed by atoms with van der Waals surface area (Å²) in [7, 11) is 1.63. The van der Waals surface area contributed by atoms with Crippen LogP contribution in [0.3, 0.4) is 0 Å². The van der Waals surface area contributed by atoms with Crippen molar-refractivity contribution in [2.24, 2.45) is 0 Å². The van der Waals surface area contributed by atoms with Crippen molar-refractivity contribution in [1.82, 2.24) is 14.5 Å². The second-order valence-corrected chi connectivity index (χ2v) is 6.36. The van der Waals surface area contributed by atoms with Crippen molar-refractivity contribution in [2.45, 2.75) is 0 Å². The largest absolute Gasteiger partial charge is 0.497 e. The number of rotatable bonds is 2. The lowest BCUT2D eigenvalue weighted by atomic mass is 10.3. The standard InChI is InChI=1S/C13H9Br2N3OS/c1-19-10-3-7(14)2-9(5-10)18-12-11(17-13(18)20)4-8(15)6-16-12/h2-6H,1H3,(H,17,20). The first-order valence-corrected chi connectivity index (χ1v) is 7.69. The molecule has 0 aliphatic heterocycles. The van der Waals surface area contributed by atoms with E-state index in [1.165, 1.54) is 0 Å². The number of hydrogen-bond donors (Lipinski definition) is 1. The van der Waals surface area contributed by atoms with E-state index in [9.17, 15) is 0 Å². The highest BCUT2D eigenvalue weighted by Crippen LogP contribution is 2.27. The van der Waals surface area contributed by atoms with Crippen molar-refractivity contribution in [1.29, 1.82) is 0 Å². The number of hydrogen-bond acceptors (Lipinski definition) is 3. The van der Waals surface area contributed by atoms with Gasteiger partial charge in [0, 0.05) is 21.2 Å². The molecule has 0 atom stereocenters. The van der Waals surface area contributed by atoms with Crippen molar-refractivity contribution in [3.63, 3.8) is 0 Å². The molecule has 1 N–H and O–H groups in total.